The largest absolute Gasteiger partial charge is 0.465 e. The highest BCUT2D eigenvalue weighted by atomic mass is 19.1. The Morgan fingerprint density at radius 2 is 2.12 bits per heavy atom. The molecule has 0 radical (unpaired) electrons. The molecule has 5 heteroatoms. The lowest BCUT2D eigenvalue weighted by Crippen LogP contribution is -2.31. The molecule has 0 aliphatic carbocycles. The van der Waals surface area contributed by atoms with Gasteiger partial charge in [-0.3, -0.25) is 9.59 Å². The van der Waals surface area contributed by atoms with Crippen LogP contribution in [-0.4, -0.2) is 25.0 Å². The number of nitrogens with one attached hydrogen (secondary N) is 1. The van der Waals surface area contributed by atoms with Crippen molar-refractivity contribution in [2.45, 2.75) is 13.8 Å². The number of carbonyl (C=O) groups excluding carboxylic acids is 2. The van der Waals surface area contributed by atoms with Crippen molar-refractivity contribution in [2.75, 3.05) is 13.2 Å². The van der Waals surface area contributed by atoms with Gasteiger partial charge in [0.1, 0.15) is 12.4 Å². The summed E-state index contributed by atoms with van der Waals surface area (Å²) < 4.78 is 17.6. The molecule has 0 bridgehead atoms. The fraction of sp³-hybridized carbons (Fsp3) is 0.333. The highest BCUT2D eigenvalue weighted by Crippen LogP contribution is 2.09. The molecule has 0 atom stereocenters. The van der Waals surface area contributed by atoms with Crippen LogP contribution in [-0.2, 0) is 9.53 Å². The predicted molar refractivity (Wildman–Crippen MR) is 60.1 cm³/mol. The molecule has 1 amide bonds. The van der Waals surface area contributed by atoms with Gasteiger partial charge in [-0.25, -0.2) is 4.39 Å². The maximum atomic E-state index is 13.0. The van der Waals surface area contributed by atoms with Gasteiger partial charge in [0.25, 0.3) is 5.91 Å². The number of esters is 1. The molecule has 92 valence electrons. The normalized spacial score (nSPS) is 9.82. The molecule has 0 spiro atoms. The molecule has 0 saturated heterocycles. The third-order valence-electron chi connectivity index (χ3n) is 2.14. The van der Waals surface area contributed by atoms with Crippen molar-refractivity contribution in [2.24, 2.45) is 0 Å². The minimum absolute atomic E-state index is 0.217. The number of halogens is 1. The Kier molecular flexibility index (Phi) is 4.63. The molecule has 0 aliphatic heterocycles. The molecular formula is C12H14FNO3. The summed E-state index contributed by atoms with van der Waals surface area (Å²) >= 11 is 0. The number of hydrogen-bond donors (Lipinski definition) is 1. The molecule has 0 heterocycles. The predicted octanol–water partition coefficient (Wildman–Crippen LogP) is 1.43. The molecule has 4 nitrogen and oxygen atoms in total. The fourth-order valence-electron chi connectivity index (χ4n) is 1.30. The minimum Gasteiger partial charge on any atom is -0.465 e. The van der Waals surface area contributed by atoms with Gasteiger partial charge < -0.3 is 10.1 Å². The SMILES string of the molecule is CCOC(=O)CNC(=O)c1cc(F)ccc1C. The number of ether oxygens (including phenoxy) is 1. The molecule has 1 rings (SSSR count). The van der Waals surface area contributed by atoms with Crippen molar-refractivity contribution in [1.29, 1.82) is 0 Å². The zero-order chi connectivity index (χ0) is 12.8. The van der Waals surface area contributed by atoms with Crippen molar-refractivity contribution in [3.8, 4) is 0 Å². The van der Waals surface area contributed by atoms with Crippen LogP contribution in [0.15, 0.2) is 18.2 Å². The van der Waals surface area contributed by atoms with E-state index in [1.54, 1.807) is 13.8 Å². The van der Waals surface area contributed by atoms with E-state index in [9.17, 15) is 14.0 Å². The van der Waals surface area contributed by atoms with Crippen molar-refractivity contribution >= 4 is 11.9 Å². The van der Waals surface area contributed by atoms with Crippen molar-refractivity contribution in [3.63, 3.8) is 0 Å². The molecule has 17 heavy (non-hydrogen) atoms. The van der Waals surface area contributed by atoms with E-state index in [0.717, 1.165) is 6.07 Å². The molecule has 0 saturated carbocycles. The number of carbonyl (C=O) groups is 2. The lowest BCUT2D eigenvalue weighted by atomic mass is 10.1. The van der Waals surface area contributed by atoms with E-state index in [0.29, 0.717) is 5.56 Å². The second-order valence-corrected chi connectivity index (χ2v) is 3.45. The fourth-order valence-corrected chi connectivity index (χ4v) is 1.30. The average molecular weight is 239 g/mol. The standard InChI is InChI=1S/C12H14FNO3/c1-3-17-11(15)7-14-12(16)10-6-9(13)5-4-8(10)2/h4-6H,3,7H2,1-2H3,(H,14,16). The van der Waals surface area contributed by atoms with Gasteiger partial charge in [-0.2, -0.15) is 0 Å². The summed E-state index contributed by atoms with van der Waals surface area (Å²) in [4.78, 5) is 22.7. The highest BCUT2D eigenvalue weighted by molar-refractivity contribution is 5.97. The van der Waals surface area contributed by atoms with Gasteiger partial charge in [0.2, 0.25) is 0 Å². The Balaban J connectivity index is 2.64. The van der Waals surface area contributed by atoms with Gasteiger partial charge >= 0.3 is 5.97 Å². The minimum atomic E-state index is -0.519. The van der Waals surface area contributed by atoms with Crippen LogP contribution in [0.4, 0.5) is 4.39 Å². The lowest BCUT2D eigenvalue weighted by molar-refractivity contribution is -0.141. The molecule has 1 aromatic rings. The van der Waals surface area contributed by atoms with Crippen LogP contribution in [0.3, 0.4) is 0 Å². The molecule has 0 aromatic heterocycles. The Morgan fingerprint density at radius 1 is 1.41 bits per heavy atom. The zero-order valence-electron chi connectivity index (χ0n) is 9.75. The van der Waals surface area contributed by atoms with Crippen molar-refractivity contribution < 1.29 is 18.7 Å². The lowest BCUT2D eigenvalue weighted by Gasteiger charge is -2.07. The first-order chi connectivity index (χ1) is 8.04. The average Bonchev–Trinajstić information content (AvgIpc) is 2.29. The zero-order valence-corrected chi connectivity index (χ0v) is 9.75. The summed E-state index contributed by atoms with van der Waals surface area (Å²) in [6, 6.07) is 3.92. The second-order valence-electron chi connectivity index (χ2n) is 3.45. The quantitative estimate of drug-likeness (QED) is 0.808. The van der Waals surface area contributed by atoms with Crippen LogP contribution >= 0.6 is 0 Å². The van der Waals surface area contributed by atoms with Crippen LogP contribution in [0.25, 0.3) is 0 Å². The maximum absolute atomic E-state index is 13.0. The monoisotopic (exact) mass is 239 g/mol. The Bertz CT molecular complexity index is 432. The van der Waals surface area contributed by atoms with Crippen LogP contribution in [0.2, 0.25) is 0 Å². The van der Waals surface area contributed by atoms with Gasteiger partial charge in [0.15, 0.2) is 0 Å². The molecule has 0 aliphatic rings. The second kappa shape index (κ2) is 5.98. The van der Waals surface area contributed by atoms with Crippen molar-refractivity contribution in [1.82, 2.24) is 5.32 Å². The first-order valence-electron chi connectivity index (χ1n) is 5.24. The Hall–Kier alpha value is -1.91. The summed E-state index contributed by atoms with van der Waals surface area (Å²) in [5, 5.41) is 2.37. The van der Waals surface area contributed by atoms with E-state index < -0.39 is 17.7 Å². The molecular weight excluding hydrogens is 225 g/mol. The van der Waals surface area contributed by atoms with E-state index in [1.165, 1.54) is 12.1 Å². The Morgan fingerprint density at radius 3 is 2.76 bits per heavy atom. The van der Waals surface area contributed by atoms with Crippen LogP contribution in [0, 0.1) is 12.7 Å². The van der Waals surface area contributed by atoms with Gasteiger partial charge in [0.05, 0.1) is 6.61 Å². The summed E-state index contributed by atoms with van der Waals surface area (Å²) in [5.74, 6) is -1.50. The smallest absolute Gasteiger partial charge is 0.325 e. The third kappa shape index (κ3) is 3.86. The number of hydrogen-bond acceptors (Lipinski definition) is 3. The van der Waals surface area contributed by atoms with Gasteiger partial charge in [-0.1, -0.05) is 6.07 Å². The molecule has 0 unspecified atom stereocenters. The van der Waals surface area contributed by atoms with Crippen LogP contribution < -0.4 is 5.32 Å². The van der Waals surface area contributed by atoms with Gasteiger partial charge in [-0.15, -0.1) is 0 Å². The van der Waals surface area contributed by atoms with Crippen LogP contribution in [0.5, 0.6) is 0 Å². The molecule has 1 N–H and O–H groups in total. The number of benzene rings is 1. The summed E-state index contributed by atoms with van der Waals surface area (Å²) in [5.41, 5.74) is 0.863. The number of amides is 1. The molecule has 1 aromatic carbocycles. The summed E-state index contributed by atoms with van der Waals surface area (Å²) in [6.07, 6.45) is 0. The summed E-state index contributed by atoms with van der Waals surface area (Å²) in [7, 11) is 0. The van der Waals surface area contributed by atoms with E-state index >= 15 is 0 Å². The van der Waals surface area contributed by atoms with E-state index in [2.05, 4.69) is 10.1 Å². The summed E-state index contributed by atoms with van der Waals surface area (Å²) in [6.45, 7) is 3.41. The van der Waals surface area contributed by atoms with Crippen molar-refractivity contribution in [3.05, 3.63) is 35.1 Å². The Labute approximate surface area is 98.8 Å². The number of rotatable bonds is 4. The first kappa shape index (κ1) is 13.2. The van der Waals surface area contributed by atoms with Gasteiger partial charge in [0, 0.05) is 5.56 Å². The van der Waals surface area contributed by atoms with Crippen LogP contribution in [0.1, 0.15) is 22.8 Å². The number of aryl methyl sites for hydroxylation is 1. The first-order valence-corrected chi connectivity index (χ1v) is 5.24. The molecule has 0 fully saturated rings. The van der Waals surface area contributed by atoms with Gasteiger partial charge in [-0.05, 0) is 31.5 Å². The van der Waals surface area contributed by atoms with E-state index in [1.807, 2.05) is 0 Å². The topological polar surface area (TPSA) is 55.4 Å². The van der Waals surface area contributed by atoms with E-state index in [-0.39, 0.29) is 18.7 Å². The van der Waals surface area contributed by atoms with E-state index in [4.69, 9.17) is 0 Å². The third-order valence-corrected chi connectivity index (χ3v) is 2.14. The maximum Gasteiger partial charge on any atom is 0.325 e. The highest BCUT2D eigenvalue weighted by Gasteiger charge is 2.11.